The predicted molar refractivity (Wildman–Crippen MR) is 92.1 cm³/mol. The molecule has 0 saturated heterocycles. The average molecular weight is 282 g/mol. The smallest absolute Gasteiger partial charge is 0.00721 e. The molecule has 114 valence electrons. The topological polar surface area (TPSA) is 0 Å². The Bertz CT molecular complexity index is 476. The molecule has 4 unspecified atom stereocenters. The van der Waals surface area contributed by atoms with Gasteiger partial charge in [0.1, 0.15) is 0 Å². The van der Waals surface area contributed by atoms with Crippen LogP contribution < -0.4 is 0 Å². The summed E-state index contributed by atoms with van der Waals surface area (Å²) >= 11 is 0. The fourth-order valence-corrected chi connectivity index (χ4v) is 4.24. The van der Waals surface area contributed by atoms with Crippen LogP contribution in [0.25, 0.3) is 0 Å². The van der Waals surface area contributed by atoms with Crippen LogP contribution in [0.5, 0.6) is 0 Å². The Morgan fingerprint density at radius 2 is 2.10 bits per heavy atom. The minimum absolute atomic E-state index is 0.373. The van der Waals surface area contributed by atoms with Crippen molar-refractivity contribution in [3.8, 4) is 0 Å². The van der Waals surface area contributed by atoms with Gasteiger partial charge in [-0.2, -0.15) is 0 Å². The van der Waals surface area contributed by atoms with Gasteiger partial charge >= 0.3 is 0 Å². The van der Waals surface area contributed by atoms with Crippen LogP contribution in [0.1, 0.15) is 58.8 Å². The van der Waals surface area contributed by atoms with Crippen molar-refractivity contribution in [3.63, 3.8) is 0 Å². The highest BCUT2D eigenvalue weighted by Gasteiger charge is 2.47. The molecule has 3 aliphatic carbocycles. The lowest BCUT2D eigenvalue weighted by atomic mass is 9.76. The zero-order valence-electron chi connectivity index (χ0n) is 13.7. The van der Waals surface area contributed by atoms with Gasteiger partial charge in [0.05, 0.1) is 0 Å². The zero-order chi connectivity index (χ0) is 14.7. The van der Waals surface area contributed by atoms with Crippen LogP contribution in [0.4, 0.5) is 0 Å². The average Bonchev–Trinajstić information content (AvgIpc) is 3.23. The van der Waals surface area contributed by atoms with E-state index in [1.807, 2.05) is 0 Å². The summed E-state index contributed by atoms with van der Waals surface area (Å²) in [7, 11) is 0. The lowest BCUT2D eigenvalue weighted by Gasteiger charge is -2.28. The van der Waals surface area contributed by atoms with E-state index in [4.69, 9.17) is 0 Å². The van der Waals surface area contributed by atoms with E-state index in [9.17, 15) is 0 Å². The Labute approximate surface area is 130 Å². The summed E-state index contributed by atoms with van der Waals surface area (Å²) in [4.78, 5) is 0. The first-order valence-corrected chi connectivity index (χ1v) is 8.88. The minimum atomic E-state index is 0.373. The first kappa shape index (κ1) is 14.9. The van der Waals surface area contributed by atoms with Crippen molar-refractivity contribution in [2.75, 3.05) is 0 Å². The van der Waals surface area contributed by atoms with Crippen LogP contribution in [0.2, 0.25) is 0 Å². The summed E-state index contributed by atoms with van der Waals surface area (Å²) in [5.41, 5.74) is 2.04. The molecule has 0 heterocycles. The third-order valence-electron chi connectivity index (χ3n) is 5.59. The van der Waals surface area contributed by atoms with E-state index < -0.39 is 0 Å². The zero-order valence-corrected chi connectivity index (χ0v) is 13.7. The van der Waals surface area contributed by atoms with Gasteiger partial charge in [0, 0.05) is 0 Å². The molecule has 0 radical (unpaired) electrons. The molecule has 0 aromatic carbocycles. The molecule has 0 amide bonds. The van der Waals surface area contributed by atoms with E-state index >= 15 is 0 Å². The number of allylic oxidation sites excluding steroid dienone is 8. The van der Waals surface area contributed by atoms with Crippen LogP contribution in [0, 0.1) is 23.2 Å². The van der Waals surface area contributed by atoms with E-state index in [1.54, 1.807) is 5.57 Å². The number of fused-ring (bicyclic) bond motifs is 1. The fourth-order valence-electron chi connectivity index (χ4n) is 4.24. The van der Waals surface area contributed by atoms with Crippen molar-refractivity contribution in [1.29, 1.82) is 0 Å². The van der Waals surface area contributed by atoms with E-state index in [-0.39, 0.29) is 0 Å². The number of hydrogen-bond acceptors (Lipinski definition) is 0. The third kappa shape index (κ3) is 3.78. The first-order chi connectivity index (χ1) is 10.2. The standard InChI is InChI=1S/C21H30/c1-17-10-6-4-3-5-7-11-18(14-17)16-21(2)13-9-8-12-19-15-20(19)21/h5,7-9,12-14,17,19-20H,3-4,6,10-11,15-16H2,1-2H3. The van der Waals surface area contributed by atoms with E-state index in [2.05, 4.69) is 56.4 Å². The summed E-state index contributed by atoms with van der Waals surface area (Å²) < 4.78 is 0. The molecular weight excluding hydrogens is 252 g/mol. The van der Waals surface area contributed by atoms with E-state index in [0.717, 1.165) is 17.8 Å². The molecular formula is C21H30. The maximum atomic E-state index is 2.59. The Morgan fingerprint density at radius 1 is 1.19 bits per heavy atom. The molecule has 1 fully saturated rings. The van der Waals surface area contributed by atoms with Crippen molar-refractivity contribution in [1.82, 2.24) is 0 Å². The molecule has 0 bridgehead atoms. The molecule has 3 rings (SSSR count). The molecule has 3 aliphatic rings. The lowest BCUT2D eigenvalue weighted by Crippen LogP contribution is -2.18. The number of hydrogen-bond donors (Lipinski definition) is 0. The first-order valence-electron chi connectivity index (χ1n) is 8.88. The molecule has 0 heteroatoms. The maximum Gasteiger partial charge on any atom is -0.00721 e. The predicted octanol–water partition coefficient (Wildman–Crippen LogP) is 6.23. The summed E-state index contributed by atoms with van der Waals surface area (Å²) in [6, 6.07) is 0. The Balaban J connectivity index is 1.74. The fraction of sp³-hybridized carbons (Fsp3) is 0.619. The second-order valence-electron chi connectivity index (χ2n) is 7.69. The molecule has 4 atom stereocenters. The van der Waals surface area contributed by atoms with Crippen molar-refractivity contribution < 1.29 is 0 Å². The molecule has 0 aliphatic heterocycles. The summed E-state index contributed by atoms with van der Waals surface area (Å²) in [5, 5.41) is 0. The summed E-state index contributed by atoms with van der Waals surface area (Å²) in [6.07, 6.45) is 26.0. The van der Waals surface area contributed by atoms with Crippen molar-refractivity contribution >= 4 is 0 Å². The van der Waals surface area contributed by atoms with Gasteiger partial charge in [0.2, 0.25) is 0 Å². The second kappa shape index (κ2) is 6.38. The quantitative estimate of drug-likeness (QED) is 0.527. The van der Waals surface area contributed by atoms with Gasteiger partial charge < -0.3 is 0 Å². The van der Waals surface area contributed by atoms with Gasteiger partial charge in [-0.05, 0) is 61.7 Å². The van der Waals surface area contributed by atoms with Gasteiger partial charge in [-0.1, -0.05) is 68.4 Å². The van der Waals surface area contributed by atoms with Gasteiger partial charge in [0.15, 0.2) is 0 Å². The highest BCUT2D eigenvalue weighted by atomic mass is 14.5. The van der Waals surface area contributed by atoms with Gasteiger partial charge in [-0.25, -0.2) is 0 Å². The van der Waals surface area contributed by atoms with Gasteiger partial charge in [-0.3, -0.25) is 0 Å². The molecule has 0 spiro atoms. The molecule has 0 aromatic heterocycles. The highest BCUT2D eigenvalue weighted by molar-refractivity contribution is 5.25. The molecule has 0 nitrogen and oxygen atoms in total. The minimum Gasteiger partial charge on any atom is -0.0882 e. The van der Waals surface area contributed by atoms with Crippen LogP contribution in [-0.4, -0.2) is 0 Å². The lowest BCUT2D eigenvalue weighted by molar-refractivity contribution is 0.348. The summed E-state index contributed by atoms with van der Waals surface area (Å²) in [6.45, 7) is 4.88. The molecule has 1 saturated carbocycles. The van der Waals surface area contributed by atoms with Crippen LogP contribution >= 0.6 is 0 Å². The summed E-state index contributed by atoms with van der Waals surface area (Å²) in [5.74, 6) is 2.47. The Hall–Kier alpha value is -1.04. The van der Waals surface area contributed by atoms with Crippen molar-refractivity contribution in [3.05, 3.63) is 48.1 Å². The molecule has 0 aromatic rings. The largest absolute Gasteiger partial charge is 0.0882 e. The Morgan fingerprint density at radius 3 is 3.00 bits per heavy atom. The SMILES string of the molecule is CC1C=C(CC2(C)C=CC=CC3CC32)CC=CCCCC1. The maximum absolute atomic E-state index is 2.59. The third-order valence-corrected chi connectivity index (χ3v) is 5.59. The van der Waals surface area contributed by atoms with Crippen molar-refractivity contribution in [2.24, 2.45) is 23.2 Å². The van der Waals surface area contributed by atoms with Crippen molar-refractivity contribution in [2.45, 2.75) is 58.8 Å². The van der Waals surface area contributed by atoms with Crippen LogP contribution in [0.15, 0.2) is 48.1 Å². The van der Waals surface area contributed by atoms with Crippen LogP contribution in [0.3, 0.4) is 0 Å². The molecule has 0 N–H and O–H groups in total. The number of rotatable bonds is 2. The monoisotopic (exact) mass is 282 g/mol. The Kier molecular flexibility index (Phi) is 4.52. The van der Waals surface area contributed by atoms with Gasteiger partial charge in [0.25, 0.3) is 0 Å². The van der Waals surface area contributed by atoms with E-state index in [0.29, 0.717) is 5.41 Å². The highest BCUT2D eigenvalue weighted by Crippen LogP contribution is 2.56. The van der Waals surface area contributed by atoms with E-state index in [1.165, 1.54) is 44.9 Å². The van der Waals surface area contributed by atoms with Gasteiger partial charge in [-0.15, -0.1) is 0 Å². The second-order valence-corrected chi connectivity index (χ2v) is 7.69. The van der Waals surface area contributed by atoms with Crippen LogP contribution in [-0.2, 0) is 0 Å². The molecule has 21 heavy (non-hydrogen) atoms. The normalized spacial score (nSPS) is 39.3.